The topological polar surface area (TPSA) is 69.4 Å². The van der Waals surface area contributed by atoms with E-state index in [4.69, 9.17) is 5.73 Å². The molecule has 1 rings (SSSR count). The van der Waals surface area contributed by atoms with Gasteiger partial charge in [0.15, 0.2) is 0 Å². The van der Waals surface area contributed by atoms with Crippen LogP contribution in [0.1, 0.15) is 90.0 Å². The van der Waals surface area contributed by atoms with Gasteiger partial charge in [-0.25, -0.2) is 0 Å². The van der Waals surface area contributed by atoms with Crippen molar-refractivity contribution < 1.29 is 12.6 Å². The van der Waals surface area contributed by atoms with Crippen LogP contribution in [0.5, 0.6) is 0 Å². The lowest BCUT2D eigenvalue weighted by atomic mass is 10.0. The van der Waals surface area contributed by atoms with Crippen LogP contribution < -0.4 is 5.73 Å². The fourth-order valence-corrected chi connectivity index (χ4v) is 3.24. The predicted octanol–water partition coefficient (Wildman–Crippen LogP) is 5.81. The van der Waals surface area contributed by atoms with Crippen molar-refractivity contribution in [3.63, 3.8) is 0 Å². The highest BCUT2D eigenvalue weighted by molar-refractivity contribution is 7.86. The second-order valence-electron chi connectivity index (χ2n) is 6.96. The van der Waals surface area contributed by atoms with E-state index in [1.807, 2.05) is 6.92 Å². The van der Waals surface area contributed by atoms with Gasteiger partial charge in [-0.1, -0.05) is 102 Å². The summed E-state index contributed by atoms with van der Waals surface area (Å²) < 4.78 is 25.2. The molecule has 0 unspecified atom stereocenters. The summed E-state index contributed by atoms with van der Waals surface area (Å²) in [7, 11) is -3.40. The molecule has 1 aromatic carbocycles. The molecule has 0 bridgehead atoms. The Labute approximate surface area is 168 Å². The first-order valence-corrected chi connectivity index (χ1v) is 12.2. The molecule has 0 fully saturated rings. The minimum Gasteiger partial charge on any atom is -0.316 e. The van der Waals surface area contributed by atoms with Crippen molar-refractivity contribution in [2.45, 2.75) is 90.9 Å². The predicted molar refractivity (Wildman–Crippen MR) is 116 cm³/mol. The number of nitrogens with two attached hydrogens (primary N) is 1. The Morgan fingerprint density at radius 3 is 1.78 bits per heavy atom. The molecule has 0 atom stereocenters. The van der Waals surface area contributed by atoms with E-state index in [1.165, 1.54) is 76.2 Å². The molecule has 0 aliphatic carbocycles. The molecule has 0 saturated heterocycles. The van der Waals surface area contributed by atoms with E-state index in [9.17, 15) is 8.42 Å². The molecule has 0 aliphatic rings. The molecule has 0 radical (unpaired) electrons. The lowest BCUT2D eigenvalue weighted by Crippen LogP contribution is -2.17. The van der Waals surface area contributed by atoms with E-state index < -0.39 is 16.0 Å². The summed E-state index contributed by atoms with van der Waals surface area (Å²) in [5.41, 5.74) is 6.33. The van der Waals surface area contributed by atoms with Gasteiger partial charge in [-0.15, -0.1) is 0 Å². The van der Waals surface area contributed by atoms with Crippen LogP contribution in [0.4, 0.5) is 0 Å². The van der Waals surface area contributed by atoms with Gasteiger partial charge in [0.1, 0.15) is 5.88 Å². The highest BCUT2D eigenvalue weighted by Crippen LogP contribution is 2.12. The number of benzene rings is 1. The Morgan fingerprint density at radius 2 is 1.30 bits per heavy atom. The lowest BCUT2D eigenvalue weighted by Gasteiger charge is -2.03. The van der Waals surface area contributed by atoms with Crippen molar-refractivity contribution in [1.82, 2.24) is 0 Å². The van der Waals surface area contributed by atoms with Crippen molar-refractivity contribution in [2.24, 2.45) is 5.73 Å². The van der Waals surface area contributed by atoms with Crippen molar-refractivity contribution in [3.05, 3.63) is 35.9 Å². The zero-order valence-corrected chi connectivity index (χ0v) is 18.3. The van der Waals surface area contributed by atoms with E-state index in [2.05, 4.69) is 41.4 Å². The first kappa shape index (κ1) is 26.1. The molecule has 1 aromatic rings. The first-order chi connectivity index (χ1) is 13.1. The second-order valence-corrected chi connectivity index (χ2v) is 8.65. The van der Waals surface area contributed by atoms with Crippen molar-refractivity contribution >= 4 is 10.1 Å². The van der Waals surface area contributed by atoms with E-state index in [-0.39, 0.29) is 6.61 Å². The molecule has 27 heavy (non-hydrogen) atoms. The lowest BCUT2D eigenvalue weighted by molar-refractivity contribution is 0.318. The Bertz CT molecular complexity index is 518. The van der Waals surface area contributed by atoms with Crippen LogP contribution in [-0.2, 0) is 20.7 Å². The molecule has 158 valence electrons. The second kappa shape index (κ2) is 18.5. The Kier molecular flexibility index (Phi) is 17.8. The quantitative estimate of drug-likeness (QED) is 0.298. The highest BCUT2D eigenvalue weighted by Gasteiger charge is 2.04. The third kappa shape index (κ3) is 18.2. The maximum absolute atomic E-state index is 10.4. The maximum Gasteiger partial charge on any atom is 0.280 e. The molecule has 0 heterocycles. The molecule has 0 amide bonds. The van der Waals surface area contributed by atoms with Crippen LogP contribution in [0.2, 0.25) is 0 Å². The van der Waals surface area contributed by atoms with Gasteiger partial charge < -0.3 is 5.73 Å². The number of hydrogen-bond acceptors (Lipinski definition) is 4. The smallest absolute Gasteiger partial charge is 0.280 e. The van der Waals surface area contributed by atoms with Crippen molar-refractivity contribution in [1.29, 1.82) is 0 Å². The zero-order chi connectivity index (χ0) is 20.2. The minimum atomic E-state index is -3.40. The molecular weight excluding hydrogens is 358 g/mol. The van der Waals surface area contributed by atoms with Gasteiger partial charge in [0.2, 0.25) is 0 Å². The van der Waals surface area contributed by atoms with Gasteiger partial charge in [-0.05, 0) is 24.8 Å². The van der Waals surface area contributed by atoms with Crippen LogP contribution in [0.3, 0.4) is 0 Å². The number of aryl methyl sites for hydroxylation is 1. The largest absolute Gasteiger partial charge is 0.316 e. The molecule has 0 saturated carbocycles. The number of rotatable bonds is 15. The number of unbranched alkanes of at least 4 members (excludes halogenated alkanes) is 9. The SMILES string of the molecule is CCCCCCCCCCCCc1ccccc1.CCCOS(=O)(=O)CN. The normalized spacial score (nSPS) is 11.1. The summed E-state index contributed by atoms with van der Waals surface area (Å²) in [6.07, 6.45) is 16.2. The van der Waals surface area contributed by atoms with Gasteiger partial charge in [0.25, 0.3) is 10.1 Å². The minimum absolute atomic E-state index is 0.222. The Balaban J connectivity index is 0.000000636. The Hall–Kier alpha value is -0.910. The van der Waals surface area contributed by atoms with E-state index in [0.717, 1.165) is 0 Å². The van der Waals surface area contributed by atoms with Gasteiger partial charge in [0.05, 0.1) is 6.61 Å². The van der Waals surface area contributed by atoms with Gasteiger partial charge in [0, 0.05) is 0 Å². The van der Waals surface area contributed by atoms with Crippen LogP contribution in [0, 0.1) is 0 Å². The van der Waals surface area contributed by atoms with Crippen molar-refractivity contribution in [2.75, 3.05) is 12.5 Å². The van der Waals surface area contributed by atoms with Crippen LogP contribution in [0.25, 0.3) is 0 Å². The highest BCUT2D eigenvalue weighted by atomic mass is 32.2. The fourth-order valence-electron chi connectivity index (χ4n) is 2.72. The monoisotopic (exact) mass is 399 g/mol. The molecule has 2 N–H and O–H groups in total. The summed E-state index contributed by atoms with van der Waals surface area (Å²) in [6.45, 7) is 4.33. The van der Waals surface area contributed by atoms with E-state index in [0.29, 0.717) is 6.42 Å². The Morgan fingerprint density at radius 1 is 0.778 bits per heavy atom. The van der Waals surface area contributed by atoms with Gasteiger partial charge in [-0.3, -0.25) is 4.18 Å². The maximum atomic E-state index is 10.4. The molecule has 0 aromatic heterocycles. The summed E-state index contributed by atoms with van der Waals surface area (Å²) in [5.74, 6) is -0.438. The molecule has 5 heteroatoms. The van der Waals surface area contributed by atoms with Crippen LogP contribution in [-0.4, -0.2) is 20.9 Å². The van der Waals surface area contributed by atoms with Gasteiger partial charge >= 0.3 is 0 Å². The molecule has 0 spiro atoms. The third-order valence-electron chi connectivity index (χ3n) is 4.33. The van der Waals surface area contributed by atoms with Crippen LogP contribution >= 0.6 is 0 Å². The van der Waals surface area contributed by atoms with E-state index in [1.54, 1.807) is 0 Å². The summed E-state index contributed by atoms with van der Waals surface area (Å²) in [6, 6.07) is 10.9. The van der Waals surface area contributed by atoms with Crippen LogP contribution in [0.15, 0.2) is 30.3 Å². The van der Waals surface area contributed by atoms with Crippen molar-refractivity contribution in [3.8, 4) is 0 Å². The molecular formula is C22H41NO3S. The zero-order valence-electron chi connectivity index (χ0n) is 17.5. The number of hydrogen-bond donors (Lipinski definition) is 1. The standard InChI is InChI=1S/C18H30.C4H11NO3S/c1-2-3-4-5-6-7-8-9-10-12-15-18-16-13-11-14-17-18;1-2-3-8-9(6,7)4-5/h11,13-14,16-17H,2-10,12,15H2,1H3;2-5H2,1H3. The summed E-state index contributed by atoms with van der Waals surface area (Å²) in [5, 5.41) is 0. The summed E-state index contributed by atoms with van der Waals surface area (Å²) in [4.78, 5) is 0. The average molecular weight is 400 g/mol. The molecule has 0 aliphatic heterocycles. The third-order valence-corrected chi connectivity index (χ3v) is 5.27. The van der Waals surface area contributed by atoms with E-state index >= 15 is 0 Å². The first-order valence-electron chi connectivity index (χ1n) is 10.7. The summed E-state index contributed by atoms with van der Waals surface area (Å²) >= 11 is 0. The van der Waals surface area contributed by atoms with Gasteiger partial charge in [-0.2, -0.15) is 8.42 Å². The fraction of sp³-hybridized carbons (Fsp3) is 0.727. The molecule has 4 nitrogen and oxygen atoms in total. The average Bonchev–Trinajstić information content (AvgIpc) is 2.69.